The maximum atomic E-state index is 13.1. The molecule has 1 fully saturated rings. The molecule has 0 spiro atoms. The van der Waals surface area contributed by atoms with Crippen LogP contribution in [0.2, 0.25) is 0 Å². The second kappa shape index (κ2) is 13.3. The number of carboxylic acids is 1. The number of nitrogens with zero attached hydrogens (tertiary/aromatic N) is 4. The van der Waals surface area contributed by atoms with Gasteiger partial charge in [0.2, 0.25) is 0 Å². The number of ether oxygens (including phenoxy) is 1. The van der Waals surface area contributed by atoms with Crippen LogP contribution in [-0.2, 0) is 30.6 Å². The van der Waals surface area contributed by atoms with E-state index >= 15 is 0 Å². The van der Waals surface area contributed by atoms with Crippen LogP contribution in [0, 0.1) is 0 Å². The minimum absolute atomic E-state index is 0.0833. The van der Waals surface area contributed by atoms with Crippen molar-refractivity contribution in [1.82, 2.24) is 20.2 Å². The maximum Gasteiger partial charge on any atom is 0.358 e. The van der Waals surface area contributed by atoms with Crippen molar-refractivity contribution in [2.24, 2.45) is 5.16 Å². The van der Waals surface area contributed by atoms with Gasteiger partial charge in [0.1, 0.15) is 37.3 Å². The van der Waals surface area contributed by atoms with Crippen LogP contribution in [0.1, 0.15) is 34.6 Å². The van der Waals surface area contributed by atoms with Gasteiger partial charge in [0.15, 0.2) is 20.9 Å². The number of hydrogen-bond acceptors (Lipinski definition) is 13. The number of carbonyl (C=O) groups is 4. The van der Waals surface area contributed by atoms with Crippen LogP contribution < -0.4 is 11.1 Å². The van der Waals surface area contributed by atoms with Crippen LogP contribution in [0.5, 0.6) is 0 Å². The first-order valence-corrected chi connectivity index (χ1v) is 15.3. The Hall–Kier alpha value is -4.35. The van der Waals surface area contributed by atoms with Gasteiger partial charge in [-0.2, -0.15) is 0 Å². The predicted octanol–water partition coefficient (Wildman–Crippen LogP) is 2.81. The van der Waals surface area contributed by atoms with E-state index in [4.69, 9.17) is 15.3 Å². The number of carboxylic acid groups (broad SMARTS) is 1. The second-order valence-electron chi connectivity index (χ2n) is 9.04. The van der Waals surface area contributed by atoms with Gasteiger partial charge >= 0.3 is 11.9 Å². The molecule has 2 atom stereocenters. The monoisotopic (exact) mass is 646 g/mol. The van der Waals surface area contributed by atoms with E-state index in [1.165, 1.54) is 10.8 Å². The molecule has 4 N–H and O–H groups in total. The molecule has 0 unspecified atom stereocenters. The van der Waals surface area contributed by atoms with Crippen molar-refractivity contribution in [3.8, 4) is 0 Å². The Labute approximate surface area is 255 Å². The third-order valence-electron chi connectivity index (χ3n) is 6.30. The molecule has 3 aromatic rings. The number of aliphatic carboxylic acids is 1. The molecule has 4 heterocycles. The number of halogens is 1. The third kappa shape index (κ3) is 6.68. The van der Waals surface area contributed by atoms with Gasteiger partial charge in [-0.15, -0.1) is 22.7 Å². The Kier molecular flexibility index (Phi) is 9.32. The van der Waals surface area contributed by atoms with Crippen LogP contribution >= 0.6 is 34.4 Å². The molecule has 2 aromatic heterocycles. The zero-order chi connectivity index (χ0) is 30.5. The van der Waals surface area contributed by atoms with E-state index in [0.29, 0.717) is 15.7 Å². The van der Waals surface area contributed by atoms with E-state index in [1.807, 2.05) is 30.3 Å². The minimum atomic E-state index is -1.32. The quantitative estimate of drug-likeness (QED) is 0.0864. The van der Waals surface area contributed by atoms with Crippen molar-refractivity contribution in [1.29, 1.82) is 0 Å². The van der Waals surface area contributed by atoms with E-state index in [9.17, 15) is 28.7 Å². The topological polar surface area (TPSA) is 186 Å². The molecule has 17 heteroatoms. The summed E-state index contributed by atoms with van der Waals surface area (Å²) in [5.41, 5.74) is 6.14. The number of β-lactam (4-membered cyclic amide) rings is 1. The predicted molar refractivity (Wildman–Crippen MR) is 155 cm³/mol. The summed E-state index contributed by atoms with van der Waals surface area (Å²) < 4.78 is 18.2. The number of fused-ring (bicyclic) bond motifs is 1. The lowest BCUT2D eigenvalue weighted by atomic mass is 9.86. The van der Waals surface area contributed by atoms with E-state index in [0.717, 1.165) is 44.9 Å². The summed E-state index contributed by atoms with van der Waals surface area (Å²) in [6.45, 7) is -1.14. The number of benzene rings is 1. The largest absolute Gasteiger partial charge is 0.477 e. The molecule has 0 aliphatic carbocycles. The lowest BCUT2D eigenvalue weighted by Gasteiger charge is -2.49. The summed E-state index contributed by atoms with van der Waals surface area (Å²) in [4.78, 5) is 65.5. The summed E-state index contributed by atoms with van der Waals surface area (Å²) in [7, 11) is 0. The zero-order valence-corrected chi connectivity index (χ0v) is 24.5. The highest BCUT2D eigenvalue weighted by molar-refractivity contribution is 8.04. The number of allylic oxidation sites excluding steroid dienone is 1. The highest BCUT2D eigenvalue weighted by Gasteiger charge is 2.54. The number of amides is 2. The summed E-state index contributed by atoms with van der Waals surface area (Å²) in [6, 6.07) is 7.52. The number of rotatable bonds is 12. The fourth-order valence-electron chi connectivity index (χ4n) is 4.38. The van der Waals surface area contributed by atoms with Crippen molar-refractivity contribution in [2.45, 2.75) is 35.9 Å². The molecular formula is C26H23FN6O7S3. The summed E-state index contributed by atoms with van der Waals surface area (Å²) >= 11 is 3.26. The SMILES string of the molecule is Nc1nc(/C(=N\OCCF)C(=O)N[C@@H]2C(=O)N3C(C(=O)O)=C(Sc4nc(C(=O)OCc5ccccc5)cs4)CC[C@H]23)cs1. The molecule has 0 bridgehead atoms. The number of thioether (sulfide) groups is 1. The third-order valence-corrected chi connectivity index (χ3v) is 9.06. The smallest absolute Gasteiger partial charge is 0.358 e. The number of nitrogen functional groups attached to an aromatic ring is 1. The van der Waals surface area contributed by atoms with Crippen LogP contribution in [0.25, 0.3) is 0 Å². The van der Waals surface area contributed by atoms with Crippen LogP contribution in [0.15, 0.2) is 61.2 Å². The molecular weight excluding hydrogens is 624 g/mol. The Morgan fingerprint density at radius 2 is 1.95 bits per heavy atom. The molecule has 5 rings (SSSR count). The Bertz CT molecular complexity index is 1610. The lowest BCUT2D eigenvalue weighted by molar-refractivity contribution is -0.155. The number of nitrogens with two attached hydrogens (primary N) is 1. The number of nitrogens with one attached hydrogen (secondary N) is 1. The van der Waals surface area contributed by atoms with E-state index in [1.54, 1.807) is 0 Å². The van der Waals surface area contributed by atoms with Gasteiger partial charge in [0.25, 0.3) is 11.8 Å². The average Bonchev–Trinajstić information content (AvgIpc) is 3.66. The standard InChI is InChI=1S/C26H23FN6O7S3/c27-8-9-40-32-18(14-11-41-25(28)29-14)21(34)31-19-16-6-7-17(20(23(36)37)33(16)22(19)35)43-26-30-15(12-42-26)24(38)39-10-13-4-2-1-3-5-13/h1-5,11-12,16,19H,6-10H2,(H2,28,29)(H,31,34)(H,36,37)/b32-18+/t16-,19+/m1/s1. The van der Waals surface area contributed by atoms with E-state index in [2.05, 4.69) is 20.4 Å². The number of aromatic nitrogens is 2. The molecule has 1 aromatic carbocycles. The van der Waals surface area contributed by atoms with Gasteiger partial charge in [0.05, 0.1) is 6.04 Å². The maximum absolute atomic E-state index is 13.1. The highest BCUT2D eigenvalue weighted by atomic mass is 32.2. The van der Waals surface area contributed by atoms with Crippen molar-refractivity contribution < 1.29 is 38.2 Å². The van der Waals surface area contributed by atoms with Gasteiger partial charge in [-0.3, -0.25) is 14.5 Å². The van der Waals surface area contributed by atoms with Gasteiger partial charge < -0.3 is 25.7 Å². The fourth-order valence-corrected chi connectivity index (χ4v) is 6.94. The van der Waals surface area contributed by atoms with Crippen molar-refractivity contribution >= 4 is 69.0 Å². The number of oxime groups is 1. The molecule has 2 aliphatic rings. The van der Waals surface area contributed by atoms with Crippen molar-refractivity contribution in [2.75, 3.05) is 19.0 Å². The van der Waals surface area contributed by atoms with Crippen LogP contribution in [-0.4, -0.2) is 74.8 Å². The first-order chi connectivity index (χ1) is 20.8. The molecule has 224 valence electrons. The zero-order valence-electron chi connectivity index (χ0n) is 22.1. The molecule has 2 aliphatic heterocycles. The van der Waals surface area contributed by atoms with Crippen molar-refractivity contribution in [3.63, 3.8) is 0 Å². The number of hydrogen-bond donors (Lipinski definition) is 3. The molecule has 2 amide bonds. The Balaban J connectivity index is 1.26. The van der Waals surface area contributed by atoms with Crippen LogP contribution in [0.4, 0.5) is 9.52 Å². The van der Waals surface area contributed by atoms with E-state index < -0.39 is 49.1 Å². The number of alkyl halides is 1. The van der Waals surface area contributed by atoms with Gasteiger partial charge in [-0.1, -0.05) is 47.2 Å². The summed E-state index contributed by atoms with van der Waals surface area (Å²) in [5.74, 6) is -3.36. The molecule has 43 heavy (non-hydrogen) atoms. The first kappa shape index (κ1) is 30.1. The Morgan fingerprint density at radius 1 is 1.19 bits per heavy atom. The number of anilines is 1. The minimum Gasteiger partial charge on any atom is -0.477 e. The molecule has 0 radical (unpaired) electrons. The van der Waals surface area contributed by atoms with Gasteiger partial charge in [-0.05, 0) is 18.4 Å². The highest BCUT2D eigenvalue weighted by Crippen LogP contribution is 2.43. The molecule has 0 saturated carbocycles. The first-order valence-electron chi connectivity index (χ1n) is 12.7. The number of thiazole rings is 2. The number of carbonyl (C=O) groups excluding carboxylic acids is 3. The van der Waals surface area contributed by atoms with E-state index in [-0.39, 0.29) is 41.0 Å². The van der Waals surface area contributed by atoms with Crippen molar-refractivity contribution in [3.05, 3.63) is 68.6 Å². The van der Waals surface area contributed by atoms with Gasteiger partial charge in [0, 0.05) is 15.7 Å². The lowest BCUT2D eigenvalue weighted by Crippen LogP contribution is -2.72. The van der Waals surface area contributed by atoms with Crippen LogP contribution in [0.3, 0.4) is 0 Å². The normalized spacial score (nSPS) is 18.1. The molecule has 13 nitrogen and oxygen atoms in total. The molecule has 1 saturated heterocycles. The fraction of sp³-hybridized carbons (Fsp3) is 0.269. The number of esters is 1. The second-order valence-corrected chi connectivity index (χ2v) is 12.1. The average molecular weight is 647 g/mol. The summed E-state index contributed by atoms with van der Waals surface area (Å²) in [6.07, 6.45) is 0.630. The van der Waals surface area contributed by atoms with Gasteiger partial charge in [-0.25, -0.2) is 23.9 Å². The Morgan fingerprint density at radius 3 is 2.65 bits per heavy atom. The summed E-state index contributed by atoms with van der Waals surface area (Å²) in [5, 5.41) is 19.4.